The second kappa shape index (κ2) is 12.6. The lowest BCUT2D eigenvalue weighted by Gasteiger charge is -2.42. The molecule has 0 aromatic carbocycles. The maximum absolute atomic E-state index is 12.7. The summed E-state index contributed by atoms with van der Waals surface area (Å²) >= 11 is 0. The number of carbonyl (C=O) groups excluding carboxylic acids is 1. The number of carbonyl (C=O) groups is 1. The molecule has 3 aliphatic carbocycles. The molecule has 4 fully saturated rings. The predicted octanol–water partition coefficient (Wildman–Crippen LogP) is 7.25. The first-order valence-corrected chi connectivity index (χ1v) is 14.5. The highest BCUT2D eigenvalue weighted by Gasteiger charge is 2.47. The summed E-state index contributed by atoms with van der Waals surface area (Å²) in [6, 6.07) is 0.960. The molecule has 0 aromatic rings. The topological polar surface area (TPSA) is 38.8 Å². The summed E-state index contributed by atoms with van der Waals surface area (Å²) in [5.41, 5.74) is 0. The van der Waals surface area contributed by atoms with Crippen LogP contribution in [0.4, 0.5) is 13.2 Å². The van der Waals surface area contributed by atoms with Crippen molar-refractivity contribution in [1.29, 1.82) is 0 Å². The van der Waals surface area contributed by atoms with Crippen LogP contribution < -0.4 is 0 Å². The van der Waals surface area contributed by atoms with Gasteiger partial charge in [0.1, 0.15) is 0 Å². The van der Waals surface area contributed by atoms with Gasteiger partial charge in [-0.15, -0.1) is 13.2 Å². The van der Waals surface area contributed by atoms with Gasteiger partial charge in [0.15, 0.2) is 0 Å². The van der Waals surface area contributed by atoms with Gasteiger partial charge in [-0.25, -0.2) is 0 Å². The minimum absolute atomic E-state index is 0.0747. The van der Waals surface area contributed by atoms with Crippen molar-refractivity contribution >= 4 is 5.97 Å². The minimum Gasteiger partial charge on any atom is -0.466 e. The lowest BCUT2D eigenvalue weighted by Crippen LogP contribution is -2.45. The Morgan fingerprint density at radius 3 is 2.31 bits per heavy atom. The smallest absolute Gasteiger partial charge is 0.466 e. The molecule has 1 saturated heterocycles. The van der Waals surface area contributed by atoms with Crippen molar-refractivity contribution in [3.8, 4) is 0 Å². The lowest BCUT2D eigenvalue weighted by molar-refractivity contribution is -0.345. The summed E-state index contributed by atoms with van der Waals surface area (Å²) in [5.74, 6) is 2.76. The van der Waals surface area contributed by atoms with Gasteiger partial charge < -0.3 is 4.74 Å². The summed E-state index contributed by atoms with van der Waals surface area (Å²) in [5, 5.41) is 0. The molecule has 0 spiro atoms. The third-order valence-corrected chi connectivity index (χ3v) is 9.59. The third-order valence-electron chi connectivity index (χ3n) is 9.59. The molecule has 0 aromatic heterocycles. The van der Waals surface area contributed by atoms with E-state index in [1.807, 2.05) is 6.92 Å². The zero-order valence-corrected chi connectivity index (χ0v) is 21.6. The number of hydrogen-bond acceptors (Lipinski definition) is 4. The molecule has 1 aliphatic heterocycles. The Morgan fingerprint density at radius 2 is 1.63 bits per heavy atom. The van der Waals surface area contributed by atoms with E-state index in [1.165, 1.54) is 51.4 Å². The second-order valence-electron chi connectivity index (χ2n) is 11.8. The molecule has 4 aliphatic rings. The van der Waals surface area contributed by atoms with Gasteiger partial charge in [0.25, 0.3) is 0 Å². The average molecular weight is 502 g/mol. The highest BCUT2D eigenvalue weighted by atomic mass is 19.4. The number of fused-ring (bicyclic) bond motifs is 1. The number of ether oxygens (including phenoxy) is 2. The van der Waals surface area contributed by atoms with Crippen LogP contribution in [-0.4, -0.2) is 48.6 Å². The van der Waals surface area contributed by atoms with Crippen LogP contribution in [0.5, 0.6) is 0 Å². The Labute approximate surface area is 209 Å². The molecule has 202 valence electrons. The molecule has 1 heterocycles. The molecule has 0 amide bonds. The van der Waals surface area contributed by atoms with Gasteiger partial charge in [-0.1, -0.05) is 38.5 Å². The molecule has 7 heteroatoms. The fourth-order valence-electron chi connectivity index (χ4n) is 7.89. The first-order valence-electron chi connectivity index (χ1n) is 14.5. The number of halogens is 3. The zero-order chi connectivity index (χ0) is 24.8. The summed E-state index contributed by atoms with van der Waals surface area (Å²) in [6.45, 7) is 3.42. The van der Waals surface area contributed by atoms with Gasteiger partial charge in [-0.05, 0) is 88.4 Å². The van der Waals surface area contributed by atoms with Crippen molar-refractivity contribution in [2.75, 3.05) is 13.2 Å². The number of rotatable bonds is 9. The van der Waals surface area contributed by atoms with Crippen LogP contribution >= 0.6 is 0 Å². The number of hydrogen-bond donors (Lipinski definition) is 0. The minimum atomic E-state index is -4.53. The van der Waals surface area contributed by atoms with E-state index in [0.717, 1.165) is 44.6 Å². The number of nitrogens with zero attached hydrogens (tertiary/aromatic N) is 1. The van der Waals surface area contributed by atoms with E-state index in [1.54, 1.807) is 0 Å². The molecular weight excluding hydrogens is 455 g/mol. The highest BCUT2D eigenvalue weighted by molar-refractivity contribution is 5.69. The van der Waals surface area contributed by atoms with Gasteiger partial charge >= 0.3 is 12.3 Å². The summed E-state index contributed by atoms with van der Waals surface area (Å²) in [4.78, 5) is 14.6. The molecule has 35 heavy (non-hydrogen) atoms. The van der Waals surface area contributed by atoms with Gasteiger partial charge in [-0.3, -0.25) is 14.4 Å². The van der Waals surface area contributed by atoms with Crippen LogP contribution in [0.25, 0.3) is 0 Å². The van der Waals surface area contributed by atoms with Crippen LogP contribution in [-0.2, 0) is 14.3 Å². The Hall–Kier alpha value is -0.820. The molecule has 4 rings (SSSR count). The first-order chi connectivity index (χ1) is 16.8. The molecule has 4 nitrogen and oxygen atoms in total. The number of alkyl halides is 3. The van der Waals surface area contributed by atoms with Crippen LogP contribution in [0, 0.1) is 23.7 Å². The standard InChI is InChI=1S/C28H46F3NO3/c1-2-34-27(33)17-10-21-9-16-26-25(18-21)22(11-8-20-6-4-3-5-7-20)19-32(26)23-12-14-24(15-13-23)35-28(29,30)31/h20-26H,2-19H2,1H3. The quantitative estimate of drug-likeness (QED) is 0.312. The maximum Gasteiger partial charge on any atom is 0.522 e. The Bertz CT molecular complexity index is 658. The highest BCUT2D eigenvalue weighted by Crippen LogP contribution is 2.48. The number of esters is 1. The summed E-state index contributed by atoms with van der Waals surface area (Å²) < 4.78 is 47.5. The lowest BCUT2D eigenvalue weighted by atomic mass is 9.71. The summed E-state index contributed by atoms with van der Waals surface area (Å²) in [7, 11) is 0. The fraction of sp³-hybridized carbons (Fsp3) is 0.964. The largest absolute Gasteiger partial charge is 0.522 e. The van der Waals surface area contributed by atoms with Crippen molar-refractivity contribution in [3.63, 3.8) is 0 Å². The van der Waals surface area contributed by atoms with Gasteiger partial charge in [0, 0.05) is 25.0 Å². The Kier molecular flexibility index (Phi) is 9.81. The van der Waals surface area contributed by atoms with Crippen molar-refractivity contribution in [1.82, 2.24) is 4.90 Å². The molecule has 4 unspecified atom stereocenters. The maximum atomic E-state index is 12.7. The van der Waals surface area contributed by atoms with Crippen molar-refractivity contribution < 1.29 is 27.4 Å². The molecule has 0 radical (unpaired) electrons. The van der Waals surface area contributed by atoms with E-state index in [0.29, 0.717) is 55.7 Å². The molecule has 0 bridgehead atoms. The van der Waals surface area contributed by atoms with E-state index in [2.05, 4.69) is 9.64 Å². The predicted molar refractivity (Wildman–Crippen MR) is 130 cm³/mol. The summed E-state index contributed by atoms with van der Waals surface area (Å²) in [6.07, 6.45) is 11.9. The van der Waals surface area contributed by atoms with E-state index < -0.39 is 12.5 Å². The SMILES string of the molecule is CCOC(=O)CCC1CCC2C(C1)C(CCC1CCCCC1)CN2C1CCC(OC(F)(F)F)CC1. The van der Waals surface area contributed by atoms with Crippen LogP contribution in [0.15, 0.2) is 0 Å². The van der Waals surface area contributed by atoms with Crippen LogP contribution in [0.3, 0.4) is 0 Å². The first kappa shape index (κ1) is 27.2. The monoisotopic (exact) mass is 501 g/mol. The molecular formula is C28H46F3NO3. The van der Waals surface area contributed by atoms with Crippen molar-refractivity contribution in [2.24, 2.45) is 23.7 Å². The van der Waals surface area contributed by atoms with E-state index >= 15 is 0 Å². The number of likely N-dealkylation sites (tertiary alicyclic amines) is 1. The zero-order valence-electron chi connectivity index (χ0n) is 21.6. The molecule has 4 atom stereocenters. The van der Waals surface area contributed by atoms with Crippen LogP contribution in [0.1, 0.15) is 110 Å². The van der Waals surface area contributed by atoms with Crippen molar-refractivity contribution in [3.05, 3.63) is 0 Å². The third kappa shape index (κ3) is 7.83. The molecule has 0 N–H and O–H groups in total. The second-order valence-corrected chi connectivity index (χ2v) is 11.8. The van der Waals surface area contributed by atoms with E-state index in [-0.39, 0.29) is 5.97 Å². The van der Waals surface area contributed by atoms with Crippen molar-refractivity contribution in [2.45, 2.75) is 134 Å². The van der Waals surface area contributed by atoms with E-state index in [4.69, 9.17) is 4.74 Å². The fourth-order valence-corrected chi connectivity index (χ4v) is 7.89. The van der Waals surface area contributed by atoms with Gasteiger partial charge in [0.05, 0.1) is 12.7 Å². The Balaban J connectivity index is 1.35. The Morgan fingerprint density at radius 1 is 0.886 bits per heavy atom. The van der Waals surface area contributed by atoms with Gasteiger partial charge in [-0.2, -0.15) is 0 Å². The average Bonchev–Trinajstić information content (AvgIpc) is 3.20. The van der Waals surface area contributed by atoms with Crippen LogP contribution in [0.2, 0.25) is 0 Å². The normalized spacial score (nSPS) is 35.1. The molecule has 3 saturated carbocycles. The van der Waals surface area contributed by atoms with Gasteiger partial charge in [0.2, 0.25) is 0 Å². The van der Waals surface area contributed by atoms with E-state index in [9.17, 15) is 18.0 Å².